The lowest BCUT2D eigenvalue weighted by Crippen LogP contribution is -2.43. The number of allylic oxidation sites excluding steroid dienone is 2. The first-order valence-corrected chi connectivity index (χ1v) is 13.3. The second-order valence-corrected chi connectivity index (χ2v) is 9.60. The number of fused-ring (bicyclic) bond motifs is 2. The van der Waals surface area contributed by atoms with Gasteiger partial charge in [0.05, 0.1) is 18.6 Å². The Labute approximate surface area is 186 Å². The molecule has 0 saturated carbocycles. The van der Waals surface area contributed by atoms with Crippen molar-refractivity contribution in [2.45, 2.75) is 154 Å². The summed E-state index contributed by atoms with van der Waals surface area (Å²) >= 11 is 0. The van der Waals surface area contributed by atoms with Crippen molar-refractivity contribution in [2.24, 2.45) is 0 Å². The van der Waals surface area contributed by atoms with Crippen molar-refractivity contribution in [3.05, 3.63) is 12.2 Å². The molecule has 2 fully saturated rings. The van der Waals surface area contributed by atoms with Crippen molar-refractivity contribution in [1.29, 1.82) is 0 Å². The molecule has 0 radical (unpaired) electrons. The van der Waals surface area contributed by atoms with Crippen LogP contribution in [0.15, 0.2) is 12.2 Å². The zero-order valence-corrected chi connectivity index (χ0v) is 19.8. The molecule has 0 aliphatic carbocycles. The first-order valence-electron chi connectivity index (χ1n) is 13.3. The highest BCUT2D eigenvalue weighted by Gasteiger charge is 2.36. The average molecular weight is 421 g/mol. The summed E-state index contributed by atoms with van der Waals surface area (Å²) < 4.78 is 11.5. The lowest BCUT2D eigenvalue weighted by atomic mass is 9.93. The Morgan fingerprint density at radius 3 is 1.90 bits per heavy atom. The van der Waals surface area contributed by atoms with Gasteiger partial charge in [0, 0.05) is 12.8 Å². The van der Waals surface area contributed by atoms with Crippen molar-refractivity contribution in [3.8, 4) is 0 Å². The van der Waals surface area contributed by atoms with Crippen LogP contribution < -0.4 is 0 Å². The summed E-state index contributed by atoms with van der Waals surface area (Å²) in [6.45, 7) is 2.29. The van der Waals surface area contributed by atoms with E-state index >= 15 is 0 Å². The molecule has 0 aromatic rings. The van der Waals surface area contributed by atoms with Crippen LogP contribution in [-0.2, 0) is 14.3 Å². The summed E-state index contributed by atoms with van der Waals surface area (Å²) in [5.74, 6) is -0.0723. The average Bonchev–Trinajstić information content (AvgIpc) is 2.72. The van der Waals surface area contributed by atoms with E-state index in [2.05, 4.69) is 19.1 Å². The molecule has 2 saturated heterocycles. The quantitative estimate of drug-likeness (QED) is 0.128. The van der Waals surface area contributed by atoms with E-state index in [9.17, 15) is 4.79 Å². The smallest absolute Gasteiger partial charge is 0.308 e. The predicted molar refractivity (Wildman–Crippen MR) is 126 cm³/mol. The molecule has 2 aliphatic rings. The van der Waals surface area contributed by atoms with Crippen LogP contribution in [0.3, 0.4) is 0 Å². The van der Waals surface area contributed by atoms with Gasteiger partial charge < -0.3 is 9.47 Å². The predicted octanol–water partition coefficient (Wildman–Crippen LogP) is 8.06. The zero-order valence-electron chi connectivity index (χ0n) is 19.8. The first kappa shape index (κ1) is 25.4. The summed E-state index contributed by atoms with van der Waals surface area (Å²) in [4.78, 5) is 11.4. The monoisotopic (exact) mass is 420 g/mol. The van der Waals surface area contributed by atoms with E-state index in [0.717, 1.165) is 19.3 Å². The number of hydrogen-bond donors (Lipinski definition) is 0. The highest BCUT2D eigenvalue weighted by molar-refractivity contribution is 5.71. The van der Waals surface area contributed by atoms with Crippen LogP contribution in [0.1, 0.15) is 135 Å². The number of esters is 1. The molecular weight excluding hydrogens is 372 g/mol. The first-order chi connectivity index (χ1) is 14.8. The fraction of sp³-hybridized carbons (Fsp3) is 0.889. The fourth-order valence-corrected chi connectivity index (χ4v) is 4.87. The molecule has 2 bridgehead atoms. The highest BCUT2D eigenvalue weighted by Crippen LogP contribution is 2.31. The topological polar surface area (TPSA) is 35.5 Å². The summed E-state index contributed by atoms with van der Waals surface area (Å²) in [6, 6.07) is 0. The lowest BCUT2D eigenvalue weighted by molar-refractivity contribution is -0.184. The highest BCUT2D eigenvalue weighted by atomic mass is 16.6. The van der Waals surface area contributed by atoms with Gasteiger partial charge in [-0.05, 0) is 32.1 Å². The maximum Gasteiger partial charge on any atom is 0.308 e. The fourth-order valence-electron chi connectivity index (χ4n) is 4.87. The van der Waals surface area contributed by atoms with Gasteiger partial charge in [0.15, 0.2) is 0 Å². The van der Waals surface area contributed by atoms with Gasteiger partial charge in [0.1, 0.15) is 6.10 Å². The summed E-state index contributed by atoms with van der Waals surface area (Å²) in [6.07, 6.45) is 30.6. The molecule has 2 aliphatic heterocycles. The van der Waals surface area contributed by atoms with Crippen LogP contribution >= 0.6 is 0 Å². The number of carbonyl (C=O) groups is 1. The van der Waals surface area contributed by atoms with Crippen LogP contribution in [0.5, 0.6) is 0 Å². The van der Waals surface area contributed by atoms with Crippen molar-refractivity contribution >= 4 is 5.97 Å². The van der Waals surface area contributed by atoms with Crippen molar-refractivity contribution in [3.63, 3.8) is 0 Å². The van der Waals surface area contributed by atoms with Gasteiger partial charge in [-0.1, -0.05) is 96.1 Å². The maximum absolute atomic E-state index is 11.4. The largest absolute Gasteiger partial charge is 0.462 e. The third-order valence-electron chi connectivity index (χ3n) is 6.67. The minimum atomic E-state index is -0.0723. The second-order valence-electron chi connectivity index (χ2n) is 9.60. The van der Waals surface area contributed by atoms with Crippen molar-refractivity contribution < 1.29 is 14.3 Å². The molecule has 30 heavy (non-hydrogen) atoms. The van der Waals surface area contributed by atoms with Crippen LogP contribution in [0.2, 0.25) is 0 Å². The number of rotatable bonds is 18. The molecular formula is C27H48O3. The molecule has 3 atom stereocenters. The van der Waals surface area contributed by atoms with Crippen molar-refractivity contribution in [2.75, 3.05) is 0 Å². The lowest BCUT2D eigenvalue weighted by Gasteiger charge is -2.38. The zero-order chi connectivity index (χ0) is 21.3. The van der Waals surface area contributed by atoms with Gasteiger partial charge in [-0.15, -0.1) is 0 Å². The number of ether oxygens (including phenoxy) is 2. The summed E-state index contributed by atoms with van der Waals surface area (Å²) in [7, 11) is 0. The van der Waals surface area contributed by atoms with E-state index in [1.807, 2.05) is 0 Å². The van der Waals surface area contributed by atoms with E-state index in [1.165, 1.54) is 103 Å². The Hall–Kier alpha value is -0.830. The van der Waals surface area contributed by atoms with Crippen LogP contribution in [0.25, 0.3) is 0 Å². The minimum Gasteiger partial charge on any atom is -0.462 e. The van der Waals surface area contributed by atoms with Gasteiger partial charge in [0.25, 0.3) is 0 Å². The summed E-state index contributed by atoms with van der Waals surface area (Å²) in [5, 5.41) is 0. The van der Waals surface area contributed by atoms with Crippen LogP contribution in [-0.4, -0.2) is 24.3 Å². The van der Waals surface area contributed by atoms with Gasteiger partial charge in [-0.3, -0.25) is 4.79 Å². The molecule has 2 rings (SSSR count). The molecule has 0 spiro atoms. The van der Waals surface area contributed by atoms with Gasteiger partial charge >= 0.3 is 5.97 Å². The van der Waals surface area contributed by atoms with E-state index < -0.39 is 0 Å². The van der Waals surface area contributed by atoms with E-state index in [4.69, 9.17) is 9.47 Å². The summed E-state index contributed by atoms with van der Waals surface area (Å²) in [5.41, 5.74) is 0. The molecule has 2 heterocycles. The molecule has 0 aromatic carbocycles. The Morgan fingerprint density at radius 2 is 1.30 bits per heavy atom. The molecule has 0 N–H and O–H groups in total. The molecule has 0 amide bonds. The molecule has 0 aromatic heterocycles. The Morgan fingerprint density at radius 1 is 0.733 bits per heavy atom. The standard InChI is InChI=1S/C27H48O3/c1-2-3-4-5-6-7-8-9-10-11-12-13-14-15-16-17-18-19-20-24-21-25-22-26(29-24)23-27(28)30-25/h12-13,24-26H,2-11,14-23H2,1H3/b13-12-/t24?,25-,26+/m0/s1. The Bertz CT molecular complexity index is 443. The van der Waals surface area contributed by atoms with Gasteiger partial charge in [-0.2, -0.15) is 0 Å². The third-order valence-corrected chi connectivity index (χ3v) is 6.67. The molecule has 3 nitrogen and oxygen atoms in total. The second kappa shape index (κ2) is 16.8. The van der Waals surface area contributed by atoms with E-state index in [1.54, 1.807) is 0 Å². The maximum atomic E-state index is 11.4. The van der Waals surface area contributed by atoms with Gasteiger partial charge in [0.2, 0.25) is 0 Å². The Kier molecular flexibility index (Phi) is 14.3. The number of hydrogen-bond acceptors (Lipinski definition) is 3. The third kappa shape index (κ3) is 12.1. The van der Waals surface area contributed by atoms with Gasteiger partial charge in [-0.25, -0.2) is 0 Å². The van der Waals surface area contributed by atoms with E-state index in [0.29, 0.717) is 12.5 Å². The SMILES string of the molecule is CCCCCCCCCCC/C=C\CCCCCCCC1C[C@H]2C[C@H](CC(=O)O2)O1. The van der Waals surface area contributed by atoms with Crippen LogP contribution in [0.4, 0.5) is 0 Å². The van der Waals surface area contributed by atoms with Crippen molar-refractivity contribution in [1.82, 2.24) is 0 Å². The van der Waals surface area contributed by atoms with Crippen LogP contribution in [0, 0.1) is 0 Å². The normalized spacial score (nSPS) is 23.8. The minimum absolute atomic E-state index is 0.0723. The molecule has 1 unspecified atom stereocenters. The van der Waals surface area contributed by atoms with E-state index in [-0.39, 0.29) is 18.2 Å². The number of carbonyl (C=O) groups excluding carboxylic acids is 1. The molecule has 174 valence electrons. The molecule has 3 heteroatoms. The number of unbranched alkanes of at least 4 members (excludes halogenated alkanes) is 14. The Balaban J connectivity index is 1.29.